The van der Waals surface area contributed by atoms with Gasteiger partial charge in [-0.15, -0.1) is 11.8 Å². The van der Waals surface area contributed by atoms with Crippen molar-refractivity contribution in [3.8, 4) is 0 Å². The number of carbonyl (C=O) groups is 1. The molecule has 4 rings (SSSR count). The SMILES string of the molecule is Cc1ccc(C2=NC(CSCC(=O)N3CCc4ccccc43)C(C)O2)cc1. The van der Waals surface area contributed by atoms with E-state index in [1.807, 2.05) is 35.2 Å². The summed E-state index contributed by atoms with van der Waals surface area (Å²) in [7, 11) is 0. The molecule has 27 heavy (non-hydrogen) atoms. The number of thioether (sulfide) groups is 1. The molecule has 0 aromatic heterocycles. The van der Waals surface area contributed by atoms with Crippen LogP contribution in [0.2, 0.25) is 0 Å². The van der Waals surface area contributed by atoms with Crippen LogP contribution in [0.3, 0.4) is 0 Å². The fraction of sp³-hybridized carbons (Fsp3) is 0.364. The predicted octanol–water partition coefficient (Wildman–Crippen LogP) is 3.85. The number of fused-ring (bicyclic) bond motifs is 1. The highest BCUT2D eigenvalue weighted by atomic mass is 32.2. The molecule has 2 aromatic rings. The van der Waals surface area contributed by atoms with E-state index < -0.39 is 0 Å². The number of benzene rings is 2. The first-order valence-electron chi connectivity index (χ1n) is 9.39. The van der Waals surface area contributed by atoms with E-state index >= 15 is 0 Å². The zero-order valence-corrected chi connectivity index (χ0v) is 16.5. The Morgan fingerprint density at radius 2 is 2.00 bits per heavy atom. The van der Waals surface area contributed by atoms with Crippen molar-refractivity contribution in [2.24, 2.45) is 4.99 Å². The van der Waals surface area contributed by atoms with Gasteiger partial charge < -0.3 is 9.64 Å². The van der Waals surface area contributed by atoms with Crippen LogP contribution in [-0.2, 0) is 16.0 Å². The molecular formula is C22H24N2O2S. The van der Waals surface area contributed by atoms with Gasteiger partial charge in [-0.25, -0.2) is 4.99 Å². The van der Waals surface area contributed by atoms with Crippen LogP contribution in [0.25, 0.3) is 0 Å². The lowest BCUT2D eigenvalue weighted by atomic mass is 10.1. The second kappa shape index (κ2) is 7.77. The van der Waals surface area contributed by atoms with Gasteiger partial charge in [0, 0.05) is 23.5 Å². The van der Waals surface area contributed by atoms with E-state index in [9.17, 15) is 4.79 Å². The van der Waals surface area contributed by atoms with E-state index in [0.717, 1.165) is 30.0 Å². The number of aliphatic imine (C=N–C) groups is 1. The molecular weight excluding hydrogens is 356 g/mol. The highest BCUT2D eigenvalue weighted by molar-refractivity contribution is 8.00. The minimum Gasteiger partial charge on any atom is -0.472 e. The van der Waals surface area contributed by atoms with E-state index in [0.29, 0.717) is 11.7 Å². The first-order valence-corrected chi connectivity index (χ1v) is 10.5. The van der Waals surface area contributed by atoms with Gasteiger partial charge >= 0.3 is 0 Å². The van der Waals surface area contributed by atoms with Crippen molar-refractivity contribution in [1.29, 1.82) is 0 Å². The summed E-state index contributed by atoms with van der Waals surface area (Å²) in [6.07, 6.45) is 0.987. The van der Waals surface area contributed by atoms with Crippen molar-refractivity contribution in [3.63, 3.8) is 0 Å². The number of aryl methyl sites for hydroxylation is 1. The number of amides is 1. The Kier molecular flexibility index (Phi) is 5.21. The van der Waals surface area contributed by atoms with Gasteiger partial charge in [0.1, 0.15) is 6.10 Å². The number of hydrogen-bond acceptors (Lipinski definition) is 4. The standard InChI is InChI=1S/C22H24N2O2S/c1-15-7-9-18(10-8-15)22-23-19(16(2)26-22)13-27-14-21(25)24-12-11-17-5-3-4-6-20(17)24/h3-10,16,19H,11-14H2,1-2H3. The lowest BCUT2D eigenvalue weighted by Gasteiger charge is -2.18. The molecule has 2 aliphatic rings. The second-order valence-electron chi connectivity index (χ2n) is 7.13. The maximum atomic E-state index is 12.6. The van der Waals surface area contributed by atoms with Crippen LogP contribution >= 0.6 is 11.8 Å². The Morgan fingerprint density at radius 1 is 1.22 bits per heavy atom. The van der Waals surface area contributed by atoms with Gasteiger partial charge in [0.05, 0.1) is 11.8 Å². The quantitative estimate of drug-likeness (QED) is 0.791. The van der Waals surface area contributed by atoms with Crippen molar-refractivity contribution < 1.29 is 9.53 Å². The van der Waals surface area contributed by atoms with Gasteiger partial charge in [-0.2, -0.15) is 0 Å². The van der Waals surface area contributed by atoms with E-state index in [2.05, 4.69) is 32.0 Å². The minimum atomic E-state index is 0.0383. The molecule has 140 valence electrons. The van der Waals surface area contributed by atoms with Gasteiger partial charge in [0.15, 0.2) is 0 Å². The third-order valence-corrected chi connectivity index (χ3v) is 6.15. The van der Waals surface area contributed by atoms with Crippen molar-refractivity contribution >= 4 is 29.3 Å². The average molecular weight is 381 g/mol. The van der Waals surface area contributed by atoms with Crippen LogP contribution in [0.1, 0.15) is 23.6 Å². The zero-order valence-electron chi connectivity index (χ0n) is 15.7. The van der Waals surface area contributed by atoms with Crippen LogP contribution in [0, 0.1) is 6.92 Å². The number of hydrogen-bond donors (Lipinski definition) is 0. The molecule has 2 unspecified atom stereocenters. The number of para-hydroxylation sites is 1. The van der Waals surface area contributed by atoms with Crippen molar-refractivity contribution in [3.05, 3.63) is 65.2 Å². The van der Waals surface area contributed by atoms with E-state index in [-0.39, 0.29) is 18.1 Å². The summed E-state index contributed by atoms with van der Waals surface area (Å²) in [6.45, 7) is 4.91. The fourth-order valence-electron chi connectivity index (χ4n) is 3.49. The molecule has 0 spiro atoms. The zero-order chi connectivity index (χ0) is 18.8. The molecule has 0 N–H and O–H groups in total. The Bertz CT molecular complexity index is 863. The second-order valence-corrected chi connectivity index (χ2v) is 8.16. The number of ether oxygens (including phenoxy) is 1. The first-order chi connectivity index (χ1) is 13.1. The fourth-order valence-corrected chi connectivity index (χ4v) is 4.53. The normalized spacial score (nSPS) is 21.0. The summed E-state index contributed by atoms with van der Waals surface area (Å²) in [4.78, 5) is 19.3. The number of rotatable bonds is 5. The monoisotopic (exact) mass is 380 g/mol. The Morgan fingerprint density at radius 3 is 2.81 bits per heavy atom. The molecule has 0 bridgehead atoms. The van der Waals surface area contributed by atoms with E-state index in [1.54, 1.807) is 11.8 Å². The minimum absolute atomic E-state index is 0.0383. The highest BCUT2D eigenvalue weighted by Crippen LogP contribution is 2.28. The van der Waals surface area contributed by atoms with E-state index in [1.165, 1.54) is 11.1 Å². The lowest BCUT2D eigenvalue weighted by Crippen LogP contribution is -2.31. The van der Waals surface area contributed by atoms with Crippen LogP contribution in [-0.4, -0.2) is 42.0 Å². The molecule has 2 aromatic carbocycles. The third-order valence-electron chi connectivity index (χ3n) is 5.12. The molecule has 0 fully saturated rings. The largest absolute Gasteiger partial charge is 0.472 e. The third kappa shape index (κ3) is 3.88. The summed E-state index contributed by atoms with van der Waals surface area (Å²) in [5, 5.41) is 0. The summed E-state index contributed by atoms with van der Waals surface area (Å²) < 4.78 is 5.94. The summed E-state index contributed by atoms with van der Waals surface area (Å²) in [6, 6.07) is 16.5. The molecule has 0 radical (unpaired) electrons. The topological polar surface area (TPSA) is 41.9 Å². The van der Waals surface area contributed by atoms with Gasteiger partial charge in [0.25, 0.3) is 0 Å². The number of nitrogens with zero attached hydrogens (tertiary/aromatic N) is 2. The first kappa shape index (κ1) is 18.1. The maximum Gasteiger partial charge on any atom is 0.236 e. The van der Waals surface area contributed by atoms with Crippen LogP contribution in [0.5, 0.6) is 0 Å². The van der Waals surface area contributed by atoms with Crippen molar-refractivity contribution in [2.45, 2.75) is 32.4 Å². The van der Waals surface area contributed by atoms with Gasteiger partial charge in [-0.3, -0.25) is 4.79 Å². The molecule has 0 aliphatic carbocycles. The van der Waals surface area contributed by atoms with Crippen molar-refractivity contribution in [1.82, 2.24) is 0 Å². The summed E-state index contributed by atoms with van der Waals surface area (Å²) in [5.41, 5.74) is 4.57. The molecule has 2 aliphatic heterocycles. The molecule has 5 heteroatoms. The van der Waals surface area contributed by atoms with Crippen LogP contribution in [0.4, 0.5) is 5.69 Å². The Labute approximate surface area is 164 Å². The molecule has 0 saturated heterocycles. The number of carbonyl (C=O) groups excluding carboxylic acids is 1. The molecule has 0 saturated carbocycles. The van der Waals surface area contributed by atoms with Crippen LogP contribution in [0.15, 0.2) is 53.5 Å². The molecule has 4 nitrogen and oxygen atoms in total. The molecule has 1 amide bonds. The van der Waals surface area contributed by atoms with Crippen molar-refractivity contribution in [2.75, 3.05) is 23.0 Å². The number of anilines is 1. The predicted molar refractivity (Wildman–Crippen MR) is 112 cm³/mol. The Balaban J connectivity index is 1.32. The average Bonchev–Trinajstić information content (AvgIpc) is 3.26. The summed E-state index contributed by atoms with van der Waals surface area (Å²) >= 11 is 1.65. The lowest BCUT2D eigenvalue weighted by molar-refractivity contribution is -0.116. The summed E-state index contributed by atoms with van der Waals surface area (Å²) in [5.74, 6) is 2.16. The van der Waals surface area contributed by atoms with Crippen LogP contribution < -0.4 is 4.90 Å². The molecule has 2 heterocycles. The highest BCUT2D eigenvalue weighted by Gasteiger charge is 2.29. The van der Waals surface area contributed by atoms with Gasteiger partial charge in [0.2, 0.25) is 11.8 Å². The Hall–Kier alpha value is -2.27. The molecule has 2 atom stereocenters. The van der Waals surface area contributed by atoms with Gasteiger partial charge in [-0.05, 0) is 44.0 Å². The van der Waals surface area contributed by atoms with E-state index in [4.69, 9.17) is 9.73 Å². The smallest absolute Gasteiger partial charge is 0.236 e. The van der Waals surface area contributed by atoms with Gasteiger partial charge in [-0.1, -0.05) is 35.9 Å². The maximum absolute atomic E-state index is 12.6.